The summed E-state index contributed by atoms with van der Waals surface area (Å²) in [5.74, 6) is -1.98. The maximum atomic E-state index is 12.4. The summed E-state index contributed by atoms with van der Waals surface area (Å²) in [5, 5.41) is 20.9. The van der Waals surface area contributed by atoms with Gasteiger partial charge in [-0.15, -0.1) is 0 Å². The lowest BCUT2D eigenvalue weighted by molar-refractivity contribution is 0.0387. The van der Waals surface area contributed by atoms with Crippen LogP contribution in [0.3, 0.4) is 0 Å². The molecule has 0 saturated carbocycles. The molecule has 0 amide bonds. The molecule has 6 nitrogen and oxygen atoms in total. The van der Waals surface area contributed by atoms with E-state index < -0.39 is 44.1 Å². The minimum Gasteiger partial charge on any atom is -0.382 e. The lowest BCUT2D eigenvalue weighted by atomic mass is 9.92. The molecule has 0 radical (unpaired) electrons. The minimum absolute atomic E-state index is 0.280. The van der Waals surface area contributed by atoms with Gasteiger partial charge in [-0.1, -0.05) is 60.7 Å². The number of sulfone groups is 1. The molecule has 0 aliphatic rings. The Hall–Kier alpha value is -2.35. The molecule has 156 valence electrons. The fraction of sp³-hybridized carbons (Fsp3) is 0.364. The maximum absolute atomic E-state index is 12.4. The van der Waals surface area contributed by atoms with Gasteiger partial charge in [0.25, 0.3) is 0 Å². The van der Waals surface area contributed by atoms with Gasteiger partial charge in [-0.05, 0) is 26.7 Å². The number of carbonyl (C=O) groups is 2. The van der Waals surface area contributed by atoms with E-state index in [1.54, 1.807) is 60.7 Å². The summed E-state index contributed by atoms with van der Waals surface area (Å²) >= 11 is 0. The standard InChI is InChI=1S/C22H26O6S/c1-21(25,19(23)17-9-5-3-6-10-17)13-15-29(27,28)16-14-22(2,26)20(24)18-11-7-4-8-12-18/h3-12,25-26H,13-16H2,1-2H3. The summed E-state index contributed by atoms with van der Waals surface area (Å²) in [5.41, 5.74) is -3.08. The maximum Gasteiger partial charge on any atom is 0.194 e. The quantitative estimate of drug-likeness (QED) is 0.574. The Labute approximate surface area is 171 Å². The fourth-order valence-corrected chi connectivity index (χ4v) is 4.46. The van der Waals surface area contributed by atoms with Crippen LogP contribution in [-0.2, 0) is 9.84 Å². The molecule has 2 N–H and O–H groups in total. The van der Waals surface area contributed by atoms with E-state index in [2.05, 4.69) is 0 Å². The number of rotatable bonds is 10. The first-order valence-corrected chi connectivity index (χ1v) is 11.1. The molecule has 0 aromatic heterocycles. The Morgan fingerprint density at radius 3 is 1.34 bits per heavy atom. The van der Waals surface area contributed by atoms with Crippen molar-refractivity contribution in [3.8, 4) is 0 Å². The van der Waals surface area contributed by atoms with Crippen LogP contribution >= 0.6 is 0 Å². The van der Waals surface area contributed by atoms with E-state index in [0.717, 1.165) is 0 Å². The molecular weight excluding hydrogens is 392 g/mol. The predicted octanol–water partition coefficient (Wildman–Crippen LogP) is 2.45. The molecule has 2 rings (SSSR count). The number of Topliss-reactive ketones (excluding diaryl/α,β-unsaturated/α-hetero) is 2. The van der Waals surface area contributed by atoms with Crippen LogP contribution in [0.25, 0.3) is 0 Å². The summed E-state index contributed by atoms with van der Waals surface area (Å²) in [4.78, 5) is 24.8. The molecule has 0 spiro atoms. The largest absolute Gasteiger partial charge is 0.382 e. The van der Waals surface area contributed by atoms with Gasteiger partial charge in [-0.3, -0.25) is 9.59 Å². The number of carbonyl (C=O) groups excluding carboxylic acids is 2. The predicted molar refractivity (Wildman–Crippen MR) is 111 cm³/mol. The van der Waals surface area contributed by atoms with E-state index in [0.29, 0.717) is 11.1 Å². The molecule has 0 bridgehead atoms. The number of hydrogen-bond acceptors (Lipinski definition) is 6. The minimum atomic E-state index is -3.70. The Bertz CT molecular complexity index is 874. The highest BCUT2D eigenvalue weighted by Gasteiger charge is 2.35. The molecule has 2 aromatic rings. The van der Waals surface area contributed by atoms with Crippen molar-refractivity contribution >= 4 is 21.4 Å². The number of hydrogen-bond donors (Lipinski definition) is 2. The van der Waals surface area contributed by atoms with Gasteiger partial charge in [0.1, 0.15) is 11.2 Å². The van der Waals surface area contributed by atoms with E-state index in [1.807, 2.05) is 0 Å². The van der Waals surface area contributed by atoms with E-state index in [-0.39, 0.29) is 12.8 Å². The Morgan fingerprint density at radius 1 is 0.724 bits per heavy atom. The smallest absolute Gasteiger partial charge is 0.194 e. The second-order valence-corrected chi connectivity index (χ2v) is 9.89. The number of aliphatic hydroxyl groups is 2. The third kappa shape index (κ3) is 6.32. The van der Waals surface area contributed by atoms with Gasteiger partial charge in [0.05, 0.1) is 11.5 Å². The molecule has 2 unspecified atom stereocenters. The average molecular weight is 419 g/mol. The van der Waals surface area contributed by atoms with Crippen molar-refractivity contribution in [2.45, 2.75) is 37.9 Å². The summed E-state index contributed by atoms with van der Waals surface area (Å²) in [7, 11) is -3.70. The van der Waals surface area contributed by atoms with Gasteiger partial charge in [0, 0.05) is 11.1 Å². The van der Waals surface area contributed by atoms with Crippen LogP contribution in [0, 0.1) is 0 Å². The van der Waals surface area contributed by atoms with E-state index in [1.165, 1.54) is 13.8 Å². The van der Waals surface area contributed by atoms with Crippen molar-refractivity contribution in [3.05, 3.63) is 71.8 Å². The molecule has 0 saturated heterocycles. The van der Waals surface area contributed by atoms with Crippen molar-refractivity contribution in [2.24, 2.45) is 0 Å². The van der Waals surface area contributed by atoms with E-state index in [9.17, 15) is 28.2 Å². The SMILES string of the molecule is CC(O)(CCS(=O)(=O)CCC(C)(O)C(=O)c1ccccc1)C(=O)c1ccccc1. The van der Waals surface area contributed by atoms with Crippen molar-refractivity contribution in [1.82, 2.24) is 0 Å². The Kier molecular flexibility index (Phi) is 7.11. The normalized spacial score (nSPS) is 15.9. The molecule has 29 heavy (non-hydrogen) atoms. The Balaban J connectivity index is 1.97. The first-order chi connectivity index (χ1) is 13.4. The lowest BCUT2D eigenvalue weighted by Crippen LogP contribution is -2.39. The van der Waals surface area contributed by atoms with Crippen molar-refractivity contribution in [2.75, 3.05) is 11.5 Å². The highest BCUT2D eigenvalue weighted by atomic mass is 32.2. The number of ketones is 2. The van der Waals surface area contributed by atoms with Crippen LogP contribution in [0.2, 0.25) is 0 Å². The topological polar surface area (TPSA) is 109 Å². The van der Waals surface area contributed by atoms with Crippen molar-refractivity contribution < 1.29 is 28.2 Å². The van der Waals surface area contributed by atoms with Gasteiger partial charge in [0.15, 0.2) is 21.4 Å². The van der Waals surface area contributed by atoms with Crippen LogP contribution < -0.4 is 0 Å². The van der Waals surface area contributed by atoms with Crippen LogP contribution in [0.15, 0.2) is 60.7 Å². The summed E-state index contributed by atoms with van der Waals surface area (Å²) in [6.45, 7) is 2.57. The average Bonchev–Trinajstić information content (AvgIpc) is 2.71. The molecule has 2 aromatic carbocycles. The van der Waals surface area contributed by atoms with Crippen LogP contribution in [0.4, 0.5) is 0 Å². The molecule has 2 atom stereocenters. The monoisotopic (exact) mass is 418 g/mol. The lowest BCUT2D eigenvalue weighted by Gasteiger charge is -2.23. The first-order valence-electron chi connectivity index (χ1n) is 9.29. The molecule has 0 aliphatic heterocycles. The van der Waals surface area contributed by atoms with Gasteiger partial charge in [-0.2, -0.15) is 0 Å². The van der Waals surface area contributed by atoms with Crippen LogP contribution in [-0.4, -0.2) is 52.9 Å². The van der Waals surface area contributed by atoms with Crippen LogP contribution in [0.1, 0.15) is 47.4 Å². The highest BCUT2D eigenvalue weighted by Crippen LogP contribution is 2.21. The first kappa shape index (κ1) is 22.9. The van der Waals surface area contributed by atoms with Gasteiger partial charge in [-0.25, -0.2) is 8.42 Å². The van der Waals surface area contributed by atoms with E-state index in [4.69, 9.17) is 0 Å². The Morgan fingerprint density at radius 2 is 1.03 bits per heavy atom. The highest BCUT2D eigenvalue weighted by molar-refractivity contribution is 7.91. The van der Waals surface area contributed by atoms with Gasteiger partial charge in [0.2, 0.25) is 0 Å². The van der Waals surface area contributed by atoms with Gasteiger partial charge >= 0.3 is 0 Å². The second-order valence-electron chi connectivity index (χ2n) is 7.59. The summed E-state index contributed by atoms with van der Waals surface area (Å²) in [6, 6.07) is 16.3. The zero-order chi connectivity index (χ0) is 21.7. The fourth-order valence-electron chi connectivity index (χ4n) is 2.84. The number of benzene rings is 2. The second kappa shape index (κ2) is 8.98. The zero-order valence-corrected chi connectivity index (χ0v) is 17.4. The van der Waals surface area contributed by atoms with Gasteiger partial charge < -0.3 is 10.2 Å². The van der Waals surface area contributed by atoms with E-state index >= 15 is 0 Å². The van der Waals surface area contributed by atoms with Crippen LogP contribution in [0.5, 0.6) is 0 Å². The third-order valence-corrected chi connectivity index (χ3v) is 6.50. The molecular formula is C22H26O6S. The van der Waals surface area contributed by atoms with Crippen molar-refractivity contribution in [1.29, 1.82) is 0 Å². The molecule has 0 heterocycles. The summed E-state index contributed by atoms with van der Waals surface area (Å²) in [6.07, 6.45) is -0.560. The summed E-state index contributed by atoms with van der Waals surface area (Å²) < 4.78 is 24.8. The van der Waals surface area contributed by atoms with Crippen molar-refractivity contribution in [3.63, 3.8) is 0 Å². The third-order valence-electron chi connectivity index (χ3n) is 4.85. The molecule has 0 aliphatic carbocycles. The molecule has 7 heteroatoms. The molecule has 0 fully saturated rings. The zero-order valence-electron chi connectivity index (χ0n) is 16.5.